The molecule has 0 aromatic rings. The van der Waals surface area contributed by atoms with Crippen molar-refractivity contribution in [1.82, 2.24) is 0 Å². The van der Waals surface area contributed by atoms with Gasteiger partial charge in [0.2, 0.25) is 0 Å². The summed E-state index contributed by atoms with van der Waals surface area (Å²) in [5.41, 5.74) is 0. The molecular weight excluding hydrogens is 243 g/mol. The maximum Gasteiger partial charge on any atom is 0.631 e. The Bertz CT molecular complexity index is 198. The number of carboxylic acid groups (broad SMARTS) is 2. The van der Waals surface area contributed by atoms with Gasteiger partial charge < -0.3 is 25.3 Å². The summed E-state index contributed by atoms with van der Waals surface area (Å²) >= 11 is 0. The first-order chi connectivity index (χ1) is 8.36. The molecule has 0 saturated carbocycles. The quantitative estimate of drug-likeness (QED) is 0.297. The topological polar surface area (TPSA) is 135 Å². The Kier molecular flexibility index (Phi) is 14.9. The van der Waals surface area contributed by atoms with Gasteiger partial charge in [0.1, 0.15) is 0 Å². The van der Waals surface area contributed by atoms with E-state index >= 15 is 0 Å². The molecular formula is C10H21BO7. The Labute approximate surface area is 106 Å². The molecule has 0 saturated heterocycles. The summed E-state index contributed by atoms with van der Waals surface area (Å²) in [5, 5.41) is 38.2. The lowest BCUT2D eigenvalue weighted by molar-refractivity contribution is -0.138. The third-order valence-corrected chi connectivity index (χ3v) is 2.03. The fourth-order valence-corrected chi connectivity index (χ4v) is 1.26. The molecule has 0 aliphatic carbocycles. The summed E-state index contributed by atoms with van der Waals surface area (Å²) in [7, 11) is -2.17. The molecule has 0 unspecified atom stereocenters. The Hall–Kier alpha value is -1.12. The molecule has 0 bridgehead atoms. The predicted octanol–water partition coefficient (Wildman–Crippen LogP) is 0.225. The molecule has 0 aromatic carbocycles. The van der Waals surface area contributed by atoms with Crippen molar-refractivity contribution in [2.24, 2.45) is 0 Å². The van der Waals surface area contributed by atoms with Crippen LogP contribution in [0, 0.1) is 0 Å². The van der Waals surface area contributed by atoms with E-state index in [1.165, 1.54) is 0 Å². The van der Waals surface area contributed by atoms with Crippen LogP contribution in [-0.2, 0) is 9.59 Å². The highest BCUT2D eigenvalue weighted by atomic mass is 16.5. The minimum Gasteiger partial charge on any atom is -0.481 e. The summed E-state index contributed by atoms with van der Waals surface area (Å²) < 4.78 is 0. The number of carboxylic acids is 2. The van der Waals surface area contributed by atoms with Crippen LogP contribution in [-0.4, -0.2) is 44.5 Å². The molecule has 5 N–H and O–H groups in total. The highest BCUT2D eigenvalue weighted by Crippen LogP contribution is 2.08. The van der Waals surface area contributed by atoms with Gasteiger partial charge in [0.05, 0.1) is 0 Å². The maximum atomic E-state index is 10.1. The van der Waals surface area contributed by atoms with Crippen LogP contribution in [0.1, 0.15) is 51.4 Å². The zero-order chi connectivity index (χ0) is 14.4. The highest BCUT2D eigenvalue weighted by molar-refractivity contribution is 6.30. The van der Waals surface area contributed by atoms with E-state index in [0.29, 0.717) is 0 Å². The van der Waals surface area contributed by atoms with E-state index in [2.05, 4.69) is 0 Å². The second-order valence-electron chi connectivity index (χ2n) is 3.76. The zero-order valence-electron chi connectivity index (χ0n) is 10.3. The lowest BCUT2D eigenvalue weighted by atomic mass is 10.1. The van der Waals surface area contributed by atoms with E-state index in [1.54, 1.807) is 0 Å². The number of aliphatic carboxylic acids is 2. The molecule has 0 radical (unpaired) electrons. The monoisotopic (exact) mass is 264 g/mol. The van der Waals surface area contributed by atoms with Gasteiger partial charge in [-0.1, -0.05) is 25.7 Å². The van der Waals surface area contributed by atoms with E-state index < -0.39 is 19.3 Å². The van der Waals surface area contributed by atoms with E-state index in [1.807, 2.05) is 0 Å². The summed E-state index contributed by atoms with van der Waals surface area (Å²) in [5.74, 6) is -1.48. The van der Waals surface area contributed by atoms with Gasteiger partial charge in [0.25, 0.3) is 0 Å². The van der Waals surface area contributed by atoms with Gasteiger partial charge in [-0.05, 0) is 12.8 Å². The molecule has 106 valence electrons. The average molecular weight is 264 g/mol. The fourth-order valence-electron chi connectivity index (χ4n) is 1.26. The Balaban J connectivity index is 0. The molecule has 0 aromatic heterocycles. The standard InChI is InChI=1S/C10H18O4.BH3O3/c11-9(12)7-5-3-1-2-4-6-8-10(13)14;2-1(3)4/h1-8H2,(H,11,12)(H,13,14);2-4H. The van der Waals surface area contributed by atoms with Crippen molar-refractivity contribution >= 4 is 19.3 Å². The lowest BCUT2D eigenvalue weighted by Crippen LogP contribution is -2.07. The van der Waals surface area contributed by atoms with Crippen molar-refractivity contribution < 1.29 is 34.9 Å². The van der Waals surface area contributed by atoms with Crippen molar-refractivity contribution in [3.63, 3.8) is 0 Å². The molecule has 8 heteroatoms. The molecule has 7 nitrogen and oxygen atoms in total. The van der Waals surface area contributed by atoms with Gasteiger partial charge >= 0.3 is 19.3 Å². The average Bonchev–Trinajstić information content (AvgIpc) is 2.20. The summed E-state index contributed by atoms with van der Waals surface area (Å²) in [6, 6.07) is 0. The van der Waals surface area contributed by atoms with Gasteiger partial charge in [-0.3, -0.25) is 9.59 Å². The minimum atomic E-state index is -2.17. The van der Waals surface area contributed by atoms with Gasteiger partial charge in [-0.2, -0.15) is 0 Å². The molecule has 0 spiro atoms. The lowest BCUT2D eigenvalue weighted by Gasteiger charge is -1.98. The van der Waals surface area contributed by atoms with Crippen LogP contribution in [0.5, 0.6) is 0 Å². The Morgan fingerprint density at radius 3 is 1.11 bits per heavy atom. The van der Waals surface area contributed by atoms with Crippen LogP contribution in [0.4, 0.5) is 0 Å². The molecule has 0 aliphatic rings. The predicted molar refractivity (Wildman–Crippen MR) is 64.6 cm³/mol. The summed E-state index contributed by atoms with van der Waals surface area (Å²) in [6.45, 7) is 0. The van der Waals surface area contributed by atoms with E-state index in [-0.39, 0.29) is 12.8 Å². The minimum absolute atomic E-state index is 0.245. The summed E-state index contributed by atoms with van der Waals surface area (Å²) in [4.78, 5) is 20.3. The Morgan fingerprint density at radius 2 is 0.889 bits per heavy atom. The fraction of sp³-hybridized carbons (Fsp3) is 0.800. The van der Waals surface area contributed by atoms with E-state index in [0.717, 1.165) is 38.5 Å². The van der Waals surface area contributed by atoms with Crippen LogP contribution in [0.25, 0.3) is 0 Å². The van der Waals surface area contributed by atoms with Gasteiger partial charge in [0.15, 0.2) is 0 Å². The SMILES string of the molecule is O=C(O)CCCCCCCCC(=O)O.OB(O)O. The molecule has 0 aliphatic heterocycles. The molecule has 0 fully saturated rings. The summed E-state index contributed by atoms with van der Waals surface area (Å²) in [6.07, 6.45) is 5.82. The van der Waals surface area contributed by atoms with Crippen molar-refractivity contribution in [2.45, 2.75) is 51.4 Å². The second-order valence-corrected chi connectivity index (χ2v) is 3.76. The molecule has 0 heterocycles. The van der Waals surface area contributed by atoms with Crippen LogP contribution in [0.15, 0.2) is 0 Å². The first kappa shape index (κ1) is 19.2. The highest BCUT2D eigenvalue weighted by Gasteiger charge is 1.98. The number of unbranched alkanes of at least 4 members (excludes halogenated alkanes) is 5. The number of hydrogen-bond acceptors (Lipinski definition) is 5. The second kappa shape index (κ2) is 13.9. The first-order valence-corrected chi connectivity index (χ1v) is 5.84. The van der Waals surface area contributed by atoms with Crippen molar-refractivity contribution in [2.75, 3.05) is 0 Å². The molecule has 0 amide bonds. The van der Waals surface area contributed by atoms with Crippen LogP contribution in [0.2, 0.25) is 0 Å². The van der Waals surface area contributed by atoms with Crippen molar-refractivity contribution in [1.29, 1.82) is 0 Å². The third-order valence-electron chi connectivity index (χ3n) is 2.03. The molecule has 0 atom stereocenters. The van der Waals surface area contributed by atoms with Crippen LogP contribution >= 0.6 is 0 Å². The third kappa shape index (κ3) is 29.4. The number of rotatable bonds is 9. The van der Waals surface area contributed by atoms with Crippen molar-refractivity contribution in [3.05, 3.63) is 0 Å². The zero-order valence-corrected chi connectivity index (χ0v) is 10.3. The molecule has 0 rings (SSSR count). The number of carbonyl (C=O) groups is 2. The van der Waals surface area contributed by atoms with Gasteiger partial charge in [-0.25, -0.2) is 0 Å². The van der Waals surface area contributed by atoms with Crippen LogP contribution < -0.4 is 0 Å². The van der Waals surface area contributed by atoms with Gasteiger partial charge in [0, 0.05) is 12.8 Å². The van der Waals surface area contributed by atoms with Crippen molar-refractivity contribution in [3.8, 4) is 0 Å². The van der Waals surface area contributed by atoms with Crippen LogP contribution in [0.3, 0.4) is 0 Å². The normalized spacial score (nSPS) is 9.28. The van der Waals surface area contributed by atoms with E-state index in [9.17, 15) is 9.59 Å². The molecule has 18 heavy (non-hydrogen) atoms. The number of hydrogen-bond donors (Lipinski definition) is 5. The van der Waals surface area contributed by atoms with E-state index in [4.69, 9.17) is 25.3 Å². The maximum absolute atomic E-state index is 10.1. The first-order valence-electron chi connectivity index (χ1n) is 5.84. The largest absolute Gasteiger partial charge is 0.631 e. The Morgan fingerprint density at radius 1 is 0.667 bits per heavy atom. The van der Waals surface area contributed by atoms with Gasteiger partial charge in [-0.15, -0.1) is 0 Å². The smallest absolute Gasteiger partial charge is 0.481 e.